The van der Waals surface area contributed by atoms with Gasteiger partial charge in [-0.15, -0.1) is 0 Å². The van der Waals surface area contributed by atoms with E-state index in [2.05, 4.69) is 0 Å². The number of carbonyl (C=O) groups is 2. The molecule has 3 heteroatoms. The molecule has 96 valence electrons. The zero-order chi connectivity index (χ0) is 13.3. The van der Waals surface area contributed by atoms with Gasteiger partial charge in [-0.1, -0.05) is 24.3 Å². The smallest absolute Gasteiger partial charge is 0.320 e. The molecule has 0 rings (SSSR count). The Morgan fingerprint density at radius 1 is 1.12 bits per heavy atom. The molecule has 0 aromatic carbocycles. The molecule has 0 aromatic rings. The highest BCUT2D eigenvalue weighted by Crippen LogP contribution is 2.31. The van der Waals surface area contributed by atoms with E-state index in [1.54, 1.807) is 6.92 Å². The molecule has 3 nitrogen and oxygen atoms in total. The van der Waals surface area contributed by atoms with Crippen LogP contribution in [-0.4, -0.2) is 18.4 Å². The molecule has 0 atom stereocenters. The first kappa shape index (κ1) is 15.6. The Kier molecular flexibility index (Phi) is 7.19. The van der Waals surface area contributed by atoms with Gasteiger partial charge in [-0.25, -0.2) is 0 Å². The van der Waals surface area contributed by atoms with Gasteiger partial charge >= 0.3 is 5.97 Å². The fourth-order valence-corrected chi connectivity index (χ4v) is 1.59. The second-order valence-corrected chi connectivity index (χ2v) is 3.91. The summed E-state index contributed by atoms with van der Waals surface area (Å²) in [7, 11) is 0. The monoisotopic (exact) mass is 238 g/mol. The lowest BCUT2D eigenvalue weighted by Gasteiger charge is -2.26. The van der Waals surface area contributed by atoms with Crippen LogP contribution < -0.4 is 0 Å². The van der Waals surface area contributed by atoms with Crippen molar-refractivity contribution in [2.45, 2.75) is 40.5 Å². The van der Waals surface area contributed by atoms with E-state index in [1.807, 2.05) is 38.2 Å². The summed E-state index contributed by atoms with van der Waals surface area (Å²) >= 11 is 0. The molecule has 0 radical (unpaired) electrons. The van der Waals surface area contributed by atoms with E-state index in [9.17, 15) is 9.59 Å². The summed E-state index contributed by atoms with van der Waals surface area (Å²) in [6, 6.07) is 0. The maximum atomic E-state index is 12.0. The number of hydrogen-bond donors (Lipinski definition) is 0. The van der Waals surface area contributed by atoms with Gasteiger partial charge in [0.1, 0.15) is 11.2 Å². The Hall–Kier alpha value is -1.38. The van der Waals surface area contributed by atoms with Crippen molar-refractivity contribution in [3.8, 4) is 0 Å². The zero-order valence-electron chi connectivity index (χ0n) is 11.2. The largest absolute Gasteiger partial charge is 0.465 e. The fourth-order valence-electron chi connectivity index (χ4n) is 1.59. The number of rotatable bonds is 7. The van der Waals surface area contributed by atoms with Gasteiger partial charge in [-0.3, -0.25) is 9.59 Å². The van der Waals surface area contributed by atoms with Crippen molar-refractivity contribution in [3.63, 3.8) is 0 Å². The highest BCUT2D eigenvalue weighted by atomic mass is 16.5. The molecular weight excluding hydrogens is 216 g/mol. The normalized spacial score (nSPS) is 15.1. The van der Waals surface area contributed by atoms with Gasteiger partial charge in [-0.2, -0.15) is 0 Å². The van der Waals surface area contributed by atoms with Gasteiger partial charge in [0, 0.05) is 0 Å². The van der Waals surface area contributed by atoms with Gasteiger partial charge in [0.2, 0.25) is 0 Å². The zero-order valence-corrected chi connectivity index (χ0v) is 11.2. The molecule has 0 saturated carbocycles. The molecule has 0 bridgehead atoms. The van der Waals surface area contributed by atoms with Crippen LogP contribution in [0.1, 0.15) is 40.5 Å². The molecule has 0 unspecified atom stereocenters. The number of Topliss-reactive ketones (excluding diaryl/α,β-unsaturated/α-hetero) is 1. The summed E-state index contributed by atoms with van der Waals surface area (Å²) in [5.41, 5.74) is -1.06. The number of ether oxygens (including phenoxy) is 1. The average Bonchev–Trinajstić information content (AvgIpc) is 2.29. The van der Waals surface area contributed by atoms with Crippen molar-refractivity contribution in [2.75, 3.05) is 6.61 Å². The average molecular weight is 238 g/mol. The topological polar surface area (TPSA) is 43.4 Å². The predicted molar refractivity (Wildman–Crippen MR) is 68.6 cm³/mol. The molecule has 0 aliphatic heterocycles. The van der Waals surface area contributed by atoms with Crippen molar-refractivity contribution >= 4 is 11.8 Å². The van der Waals surface area contributed by atoms with Gasteiger partial charge in [-0.05, 0) is 40.5 Å². The van der Waals surface area contributed by atoms with E-state index in [4.69, 9.17) is 4.74 Å². The third-order valence-corrected chi connectivity index (χ3v) is 2.74. The van der Waals surface area contributed by atoms with E-state index in [0.29, 0.717) is 19.4 Å². The summed E-state index contributed by atoms with van der Waals surface area (Å²) in [5, 5.41) is 0. The van der Waals surface area contributed by atoms with Crippen LogP contribution in [0.4, 0.5) is 0 Å². The van der Waals surface area contributed by atoms with Crippen LogP contribution in [0, 0.1) is 5.41 Å². The molecule has 0 N–H and O–H groups in total. The van der Waals surface area contributed by atoms with Crippen LogP contribution in [0.15, 0.2) is 24.3 Å². The Balaban J connectivity index is 5.21. The van der Waals surface area contributed by atoms with Gasteiger partial charge in [0.05, 0.1) is 6.61 Å². The highest BCUT2D eigenvalue weighted by Gasteiger charge is 2.42. The molecule has 0 aliphatic carbocycles. The molecule has 17 heavy (non-hydrogen) atoms. The molecule has 0 saturated heterocycles. The van der Waals surface area contributed by atoms with Gasteiger partial charge in [0.25, 0.3) is 0 Å². The van der Waals surface area contributed by atoms with Crippen molar-refractivity contribution in [1.29, 1.82) is 0 Å². The molecule has 0 aromatic heterocycles. The summed E-state index contributed by atoms with van der Waals surface area (Å²) in [6.45, 7) is 7.22. The minimum atomic E-state index is -1.06. The van der Waals surface area contributed by atoms with E-state index < -0.39 is 11.4 Å². The number of hydrogen-bond acceptors (Lipinski definition) is 3. The third-order valence-electron chi connectivity index (χ3n) is 2.74. The van der Waals surface area contributed by atoms with Gasteiger partial charge in [0.15, 0.2) is 0 Å². The Bertz CT molecular complexity index is 299. The van der Waals surface area contributed by atoms with Crippen LogP contribution in [0.2, 0.25) is 0 Å². The summed E-state index contributed by atoms with van der Waals surface area (Å²) in [4.78, 5) is 23.8. The minimum Gasteiger partial charge on any atom is -0.465 e. The first-order valence-electron chi connectivity index (χ1n) is 5.95. The fraction of sp³-hybridized carbons (Fsp3) is 0.571. The molecule has 0 spiro atoms. The number of ketones is 1. The number of allylic oxidation sites excluding steroid dienone is 4. The standard InChI is InChI=1S/C14H22O3/c1-5-8-10-14(12(4)15,11-9-6-2)13(16)17-7-3/h5-6,8-9H,7,10-11H2,1-4H3. The van der Waals surface area contributed by atoms with Crippen molar-refractivity contribution < 1.29 is 14.3 Å². The maximum absolute atomic E-state index is 12.0. The molecular formula is C14H22O3. The third kappa shape index (κ3) is 4.17. The van der Waals surface area contributed by atoms with E-state index in [0.717, 1.165) is 0 Å². The first-order chi connectivity index (χ1) is 8.05. The van der Waals surface area contributed by atoms with Crippen molar-refractivity contribution in [2.24, 2.45) is 5.41 Å². The molecule has 0 amide bonds. The Morgan fingerprint density at radius 3 is 1.88 bits per heavy atom. The SMILES string of the molecule is CC=CCC(CC=CC)(C(C)=O)C(=O)OCC. The van der Waals surface area contributed by atoms with E-state index >= 15 is 0 Å². The van der Waals surface area contributed by atoms with E-state index in [1.165, 1.54) is 6.92 Å². The second kappa shape index (κ2) is 7.82. The lowest BCUT2D eigenvalue weighted by atomic mass is 9.77. The summed E-state index contributed by atoms with van der Waals surface area (Å²) < 4.78 is 5.04. The highest BCUT2D eigenvalue weighted by molar-refractivity contribution is 6.03. The van der Waals surface area contributed by atoms with E-state index in [-0.39, 0.29) is 5.78 Å². The molecule has 0 fully saturated rings. The number of esters is 1. The van der Waals surface area contributed by atoms with Crippen molar-refractivity contribution in [3.05, 3.63) is 24.3 Å². The minimum absolute atomic E-state index is 0.146. The van der Waals surface area contributed by atoms with Crippen LogP contribution in [0.5, 0.6) is 0 Å². The van der Waals surface area contributed by atoms with Crippen LogP contribution in [-0.2, 0) is 14.3 Å². The van der Waals surface area contributed by atoms with Gasteiger partial charge < -0.3 is 4.74 Å². The maximum Gasteiger partial charge on any atom is 0.320 e. The Labute approximate surface area is 104 Å². The van der Waals surface area contributed by atoms with Crippen LogP contribution in [0.3, 0.4) is 0 Å². The van der Waals surface area contributed by atoms with Crippen molar-refractivity contribution in [1.82, 2.24) is 0 Å². The lowest BCUT2D eigenvalue weighted by Crippen LogP contribution is -2.38. The summed E-state index contributed by atoms with van der Waals surface area (Å²) in [6.07, 6.45) is 8.13. The quantitative estimate of drug-likeness (QED) is 0.389. The molecule has 0 aliphatic rings. The number of carbonyl (C=O) groups excluding carboxylic acids is 2. The van der Waals surface area contributed by atoms with Crippen LogP contribution >= 0.6 is 0 Å². The molecule has 0 heterocycles. The van der Waals surface area contributed by atoms with Crippen LogP contribution in [0.25, 0.3) is 0 Å². The Morgan fingerprint density at radius 2 is 1.59 bits per heavy atom. The first-order valence-corrected chi connectivity index (χ1v) is 5.95. The second-order valence-electron chi connectivity index (χ2n) is 3.91. The lowest BCUT2D eigenvalue weighted by molar-refractivity contribution is -0.159. The summed E-state index contributed by atoms with van der Waals surface area (Å²) in [5.74, 6) is -0.573. The predicted octanol–water partition coefficient (Wildman–Crippen LogP) is 3.06.